The van der Waals surface area contributed by atoms with Gasteiger partial charge in [-0.2, -0.15) is 0 Å². The van der Waals surface area contributed by atoms with Crippen LogP contribution in [0.2, 0.25) is 0 Å². The van der Waals surface area contributed by atoms with Gasteiger partial charge in [-0.3, -0.25) is 0 Å². The van der Waals surface area contributed by atoms with Gasteiger partial charge in [0.15, 0.2) is 6.61 Å². The molecule has 2 aromatic carbocycles. The molecule has 0 spiro atoms. The monoisotopic (exact) mass is 364 g/mol. The Morgan fingerprint density at radius 3 is 2.59 bits per heavy atom. The van der Waals surface area contributed by atoms with Crippen LogP contribution in [0.25, 0.3) is 0 Å². The van der Waals surface area contributed by atoms with Crippen LogP contribution in [-0.4, -0.2) is 23.7 Å². The molecule has 0 heterocycles. The fourth-order valence-electron chi connectivity index (χ4n) is 1.73. The second kappa shape index (κ2) is 7.09. The highest BCUT2D eigenvalue weighted by Gasteiger charge is 2.14. The third-order valence-corrected chi connectivity index (χ3v) is 3.72. The van der Waals surface area contributed by atoms with Gasteiger partial charge in [-0.1, -0.05) is 28.1 Å². The number of halogens is 1. The number of hydrogen-bond donors (Lipinski definition) is 1. The van der Waals surface area contributed by atoms with Gasteiger partial charge in [-0.15, -0.1) is 0 Å². The molecule has 0 fully saturated rings. The van der Waals surface area contributed by atoms with Gasteiger partial charge < -0.3 is 14.6 Å². The van der Waals surface area contributed by atoms with Gasteiger partial charge in [0, 0.05) is 4.47 Å². The molecule has 0 aliphatic carbocycles. The van der Waals surface area contributed by atoms with Crippen molar-refractivity contribution in [1.29, 1.82) is 0 Å². The maximum Gasteiger partial charge on any atom is 0.349 e. The van der Waals surface area contributed by atoms with E-state index in [0.717, 1.165) is 10.0 Å². The Labute approximate surface area is 135 Å². The number of carbonyl (C=O) groups excluding carboxylic acids is 1. The lowest BCUT2D eigenvalue weighted by atomic mass is 10.2. The molecular formula is C16H13BrO5. The maximum absolute atomic E-state index is 11.8. The first-order chi connectivity index (χ1) is 10.5. The highest BCUT2D eigenvalue weighted by Crippen LogP contribution is 2.22. The minimum Gasteiger partial charge on any atom is -0.482 e. The van der Waals surface area contributed by atoms with Crippen LogP contribution in [0.15, 0.2) is 46.9 Å². The Bertz CT molecular complexity index is 711. The molecular weight excluding hydrogens is 352 g/mol. The van der Waals surface area contributed by atoms with Crippen LogP contribution in [0, 0.1) is 6.92 Å². The summed E-state index contributed by atoms with van der Waals surface area (Å²) in [7, 11) is 0. The first-order valence-corrected chi connectivity index (χ1v) is 7.18. The quantitative estimate of drug-likeness (QED) is 0.649. The van der Waals surface area contributed by atoms with E-state index in [1.54, 1.807) is 24.3 Å². The smallest absolute Gasteiger partial charge is 0.349 e. The normalized spacial score (nSPS) is 10.1. The van der Waals surface area contributed by atoms with E-state index < -0.39 is 11.9 Å². The first kappa shape index (κ1) is 16.0. The molecule has 0 saturated heterocycles. The van der Waals surface area contributed by atoms with E-state index in [9.17, 15) is 9.59 Å². The summed E-state index contributed by atoms with van der Waals surface area (Å²) in [6, 6.07) is 11.2. The minimum absolute atomic E-state index is 0.00409. The van der Waals surface area contributed by atoms with E-state index in [4.69, 9.17) is 14.6 Å². The van der Waals surface area contributed by atoms with Gasteiger partial charge in [-0.05, 0) is 42.8 Å². The average molecular weight is 365 g/mol. The second-order valence-corrected chi connectivity index (χ2v) is 5.33. The van der Waals surface area contributed by atoms with Crippen molar-refractivity contribution in [2.75, 3.05) is 6.61 Å². The van der Waals surface area contributed by atoms with E-state index in [2.05, 4.69) is 15.9 Å². The topological polar surface area (TPSA) is 72.8 Å². The number of benzene rings is 2. The molecule has 22 heavy (non-hydrogen) atoms. The first-order valence-electron chi connectivity index (χ1n) is 6.39. The molecule has 2 rings (SSSR count). The SMILES string of the molecule is Cc1cc(OCC(=O)Oc2ccccc2C(=O)O)ccc1Br. The molecule has 0 amide bonds. The Morgan fingerprint density at radius 2 is 1.91 bits per heavy atom. The van der Waals surface area contributed by atoms with Crippen LogP contribution in [-0.2, 0) is 4.79 Å². The lowest BCUT2D eigenvalue weighted by Crippen LogP contribution is -2.19. The van der Waals surface area contributed by atoms with Crippen LogP contribution in [0.3, 0.4) is 0 Å². The summed E-state index contributed by atoms with van der Waals surface area (Å²) in [5, 5.41) is 9.02. The molecule has 0 bridgehead atoms. The molecule has 0 unspecified atom stereocenters. The van der Waals surface area contributed by atoms with Crippen molar-refractivity contribution in [3.05, 3.63) is 58.1 Å². The molecule has 114 valence electrons. The van der Waals surface area contributed by atoms with Crippen molar-refractivity contribution >= 4 is 27.9 Å². The molecule has 0 aliphatic rings. The average Bonchev–Trinajstić information content (AvgIpc) is 2.49. The van der Waals surface area contributed by atoms with Crippen molar-refractivity contribution in [1.82, 2.24) is 0 Å². The van der Waals surface area contributed by atoms with Crippen LogP contribution >= 0.6 is 15.9 Å². The predicted molar refractivity (Wildman–Crippen MR) is 83.4 cm³/mol. The third-order valence-electron chi connectivity index (χ3n) is 2.83. The van der Waals surface area contributed by atoms with Gasteiger partial charge in [0.2, 0.25) is 0 Å². The summed E-state index contributed by atoms with van der Waals surface area (Å²) < 4.78 is 11.3. The number of para-hydroxylation sites is 1. The highest BCUT2D eigenvalue weighted by molar-refractivity contribution is 9.10. The zero-order chi connectivity index (χ0) is 16.1. The summed E-state index contributed by atoms with van der Waals surface area (Å²) in [6.45, 7) is 1.59. The second-order valence-electron chi connectivity index (χ2n) is 4.48. The lowest BCUT2D eigenvalue weighted by molar-refractivity contribution is -0.136. The molecule has 1 N–H and O–H groups in total. The molecule has 5 nitrogen and oxygen atoms in total. The number of carboxylic acid groups (broad SMARTS) is 1. The third kappa shape index (κ3) is 4.08. The fraction of sp³-hybridized carbons (Fsp3) is 0.125. The molecule has 0 atom stereocenters. The van der Waals surface area contributed by atoms with E-state index in [0.29, 0.717) is 5.75 Å². The Balaban J connectivity index is 1.99. The van der Waals surface area contributed by atoms with Crippen LogP contribution < -0.4 is 9.47 Å². The Hall–Kier alpha value is -2.34. The summed E-state index contributed by atoms with van der Waals surface area (Å²) in [4.78, 5) is 22.8. The number of ether oxygens (including phenoxy) is 2. The number of esters is 1. The number of aromatic carboxylic acids is 1. The van der Waals surface area contributed by atoms with Crippen molar-refractivity contribution in [2.24, 2.45) is 0 Å². The highest BCUT2D eigenvalue weighted by atomic mass is 79.9. The number of rotatable bonds is 5. The molecule has 0 radical (unpaired) electrons. The van der Waals surface area contributed by atoms with Crippen LogP contribution in [0.5, 0.6) is 11.5 Å². The van der Waals surface area contributed by atoms with Crippen molar-refractivity contribution in [2.45, 2.75) is 6.92 Å². The summed E-state index contributed by atoms with van der Waals surface area (Å²) in [5.74, 6) is -1.30. The molecule has 2 aromatic rings. The van der Waals surface area contributed by atoms with Crippen LogP contribution in [0.1, 0.15) is 15.9 Å². The van der Waals surface area contributed by atoms with E-state index in [1.807, 2.05) is 13.0 Å². The van der Waals surface area contributed by atoms with E-state index >= 15 is 0 Å². The zero-order valence-electron chi connectivity index (χ0n) is 11.7. The fourth-order valence-corrected chi connectivity index (χ4v) is 1.98. The molecule has 0 aliphatic heterocycles. The van der Waals surface area contributed by atoms with Crippen molar-refractivity contribution in [3.8, 4) is 11.5 Å². The molecule has 0 aromatic heterocycles. The lowest BCUT2D eigenvalue weighted by Gasteiger charge is -2.09. The minimum atomic E-state index is -1.16. The van der Waals surface area contributed by atoms with E-state index in [-0.39, 0.29) is 17.9 Å². The number of carboxylic acids is 1. The number of aryl methyl sites for hydroxylation is 1. The van der Waals surface area contributed by atoms with E-state index in [1.165, 1.54) is 12.1 Å². The van der Waals surface area contributed by atoms with Gasteiger partial charge in [0.25, 0.3) is 0 Å². The van der Waals surface area contributed by atoms with Crippen LogP contribution in [0.4, 0.5) is 0 Å². The summed E-state index contributed by atoms with van der Waals surface area (Å²) >= 11 is 3.37. The van der Waals surface area contributed by atoms with Crippen molar-refractivity contribution < 1.29 is 24.2 Å². The van der Waals surface area contributed by atoms with Crippen molar-refractivity contribution in [3.63, 3.8) is 0 Å². The van der Waals surface area contributed by atoms with Gasteiger partial charge >= 0.3 is 11.9 Å². The zero-order valence-corrected chi connectivity index (χ0v) is 13.3. The molecule has 0 saturated carbocycles. The standard InChI is InChI=1S/C16H13BrO5/c1-10-8-11(6-7-13(10)17)21-9-15(18)22-14-5-3-2-4-12(14)16(19)20/h2-8H,9H2,1H3,(H,19,20). The maximum atomic E-state index is 11.8. The molecule has 6 heteroatoms. The van der Waals surface area contributed by atoms with Gasteiger partial charge in [-0.25, -0.2) is 9.59 Å². The Kier molecular flexibility index (Phi) is 5.16. The number of carbonyl (C=O) groups is 2. The summed E-state index contributed by atoms with van der Waals surface area (Å²) in [6.07, 6.45) is 0. The van der Waals surface area contributed by atoms with Gasteiger partial charge in [0.05, 0.1) is 0 Å². The largest absolute Gasteiger partial charge is 0.482 e. The number of hydrogen-bond acceptors (Lipinski definition) is 4. The van der Waals surface area contributed by atoms with Gasteiger partial charge in [0.1, 0.15) is 17.1 Å². The Morgan fingerprint density at radius 1 is 1.18 bits per heavy atom. The predicted octanol–water partition coefficient (Wildman–Crippen LogP) is 3.44. The summed E-state index contributed by atoms with van der Waals surface area (Å²) in [5.41, 5.74) is 0.900.